The number of nitro groups is 1. The van der Waals surface area contributed by atoms with Crippen LogP contribution in [0.4, 0.5) is 22.7 Å². The molecule has 0 spiro atoms. The van der Waals surface area contributed by atoms with E-state index < -0.39 is 11.9 Å². The van der Waals surface area contributed by atoms with E-state index in [9.17, 15) is 24.8 Å². The van der Waals surface area contributed by atoms with Gasteiger partial charge in [-0.15, -0.1) is 0 Å². The number of nitro benzene ring substituents is 1. The summed E-state index contributed by atoms with van der Waals surface area (Å²) in [4.78, 5) is 41.7. The molecule has 0 aromatic heterocycles. The Labute approximate surface area is 244 Å². The summed E-state index contributed by atoms with van der Waals surface area (Å²) < 4.78 is 0. The van der Waals surface area contributed by atoms with E-state index in [4.69, 9.17) is 11.6 Å². The Morgan fingerprint density at radius 3 is 2.27 bits per heavy atom. The second-order valence-electron chi connectivity index (χ2n) is 11.1. The van der Waals surface area contributed by atoms with Crippen molar-refractivity contribution in [2.45, 2.75) is 71.4 Å². The Hall–Kier alpha value is -3.92. The molecule has 41 heavy (non-hydrogen) atoms. The molecular weight excluding hydrogens is 546 g/mol. The van der Waals surface area contributed by atoms with E-state index in [0.29, 0.717) is 17.0 Å². The molecule has 3 aliphatic rings. The van der Waals surface area contributed by atoms with E-state index in [2.05, 4.69) is 28.7 Å². The van der Waals surface area contributed by atoms with Crippen molar-refractivity contribution in [3.8, 4) is 0 Å². The molecule has 0 unspecified atom stereocenters. The molecule has 216 valence electrons. The number of nitrogens with zero attached hydrogens (tertiary/aromatic N) is 5. The van der Waals surface area contributed by atoms with Crippen LogP contribution in [-0.2, 0) is 4.79 Å². The van der Waals surface area contributed by atoms with Crippen LogP contribution in [0.1, 0.15) is 75.2 Å². The fourth-order valence-corrected chi connectivity index (χ4v) is 6.26. The zero-order valence-corrected chi connectivity index (χ0v) is 24.2. The molecule has 2 atom stereocenters. The van der Waals surface area contributed by atoms with Gasteiger partial charge in [0.25, 0.3) is 11.6 Å². The lowest BCUT2D eigenvalue weighted by Gasteiger charge is -2.39. The van der Waals surface area contributed by atoms with E-state index in [-0.39, 0.29) is 44.5 Å². The van der Waals surface area contributed by atoms with Gasteiger partial charge in [-0.1, -0.05) is 11.6 Å². The first-order valence-corrected chi connectivity index (χ1v) is 14.4. The van der Waals surface area contributed by atoms with Gasteiger partial charge in [0, 0.05) is 42.5 Å². The van der Waals surface area contributed by atoms with E-state index >= 15 is 0 Å². The van der Waals surface area contributed by atoms with Crippen LogP contribution in [0.3, 0.4) is 0 Å². The van der Waals surface area contributed by atoms with Gasteiger partial charge in [0.15, 0.2) is 0 Å². The van der Waals surface area contributed by atoms with Gasteiger partial charge in [0.05, 0.1) is 32.5 Å². The number of amides is 1. The number of benzene rings is 2. The fraction of sp³-hybridized carbons (Fsp3) is 0.433. The number of piperidine rings is 2. The molecule has 3 heterocycles. The molecule has 2 fully saturated rings. The number of carbonyl (C=O) groups excluding carboxylic acids is 1. The van der Waals surface area contributed by atoms with Gasteiger partial charge in [-0.3, -0.25) is 14.9 Å². The van der Waals surface area contributed by atoms with Crippen molar-refractivity contribution in [2.24, 2.45) is 5.10 Å². The molecule has 5 rings (SSSR count). The molecule has 0 saturated carbocycles. The summed E-state index contributed by atoms with van der Waals surface area (Å²) in [5.41, 5.74) is 2.92. The molecule has 2 aromatic rings. The lowest BCUT2D eigenvalue weighted by atomic mass is 9.97. The van der Waals surface area contributed by atoms with Gasteiger partial charge in [0.2, 0.25) is 0 Å². The minimum atomic E-state index is -1.21. The van der Waals surface area contributed by atoms with Gasteiger partial charge in [-0.05, 0) is 89.6 Å². The topological polar surface area (TPSA) is 120 Å². The number of hydrazone groups is 1. The maximum absolute atomic E-state index is 13.6. The molecule has 2 saturated heterocycles. The highest BCUT2D eigenvalue weighted by molar-refractivity contribution is 6.34. The largest absolute Gasteiger partial charge is 0.478 e. The smallest absolute Gasteiger partial charge is 0.337 e. The third-order valence-corrected chi connectivity index (χ3v) is 8.66. The summed E-state index contributed by atoms with van der Waals surface area (Å²) in [6.07, 6.45) is 7.90. The standard InChI is InChI=1S/C30H34ClN5O5/c1-18-8-4-6-12-33(18)26-17-27(34-13-7-5-9-19(34)2)28(36(40)41)15-21(26)14-23-20(3)32-35(29(23)37)22-10-11-25(31)24(16-22)30(38)39/h10-11,14-19H,4-9,12-13H2,1-3H3,(H,38,39)/b23-14+/t18-,19+/m1/s1. The van der Waals surface area contributed by atoms with Crippen LogP contribution >= 0.6 is 11.6 Å². The normalized spacial score (nSPS) is 22.3. The Morgan fingerprint density at radius 1 is 1.05 bits per heavy atom. The van der Waals surface area contributed by atoms with Crippen LogP contribution in [-0.4, -0.2) is 52.8 Å². The third kappa shape index (κ3) is 5.53. The molecule has 1 amide bonds. The Bertz CT molecular complexity index is 1470. The van der Waals surface area contributed by atoms with Crippen molar-refractivity contribution in [1.82, 2.24) is 0 Å². The predicted molar refractivity (Wildman–Crippen MR) is 161 cm³/mol. The van der Waals surface area contributed by atoms with Crippen LogP contribution < -0.4 is 14.8 Å². The lowest BCUT2D eigenvalue weighted by Crippen LogP contribution is -2.39. The van der Waals surface area contributed by atoms with E-state index in [1.165, 1.54) is 18.2 Å². The van der Waals surface area contributed by atoms with E-state index in [1.54, 1.807) is 19.1 Å². The molecule has 0 radical (unpaired) electrons. The van der Waals surface area contributed by atoms with Crippen LogP contribution in [0.2, 0.25) is 5.02 Å². The van der Waals surface area contributed by atoms with Gasteiger partial charge in [-0.2, -0.15) is 10.1 Å². The second-order valence-corrected chi connectivity index (χ2v) is 11.5. The van der Waals surface area contributed by atoms with Crippen LogP contribution in [0.15, 0.2) is 41.0 Å². The number of carboxylic acids is 1. The first kappa shape index (κ1) is 28.6. The molecule has 2 aromatic carbocycles. The molecule has 3 aliphatic heterocycles. The number of halogens is 1. The summed E-state index contributed by atoms with van der Waals surface area (Å²) >= 11 is 6.03. The zero-order valence-electron chi connectivity index (χ0n) is 23.5. The third-order valence-electron chi connectivity index (χ3n) is 8.33. The molecule has 10 nitrogen and oxygen atoms in total. The molecule has 11 heteroatoms. The van der Waals surface area contributed by atoms with Crippen molar-refractivity contribution < 1.29 is 19.6 Å². The lowest BCUT2D eigenvalue weighted by molar-refractivity contribution is -0.384. The molecule has 0 aliphatic carbocycles. The number of rotatable bonds is 6. The Kier molecular flexibility index (Phi) is 8.04. The molecule has 1 N–H and O–H groups in total. The summed E-state index contributed by atoms with van der Waals surface area (Å²) in [5.74, 6) is -1.66. The Morgan fingerprint density at radius 2 is 1.68 bits per heavy atom. The van der Waals surface area contributed by atoms with Gasteiger partial charge in [-0.25, -0.2) is 4.79 Å². The van der Waals surface area contributed by atoms with Gasteiger partial charge < -0.3 is 14.9 Å². The van der Waals surface area contributed by atoms with Crippen LogP contribution in [0, 0.1) is 10.1 Å². The van der Waals surface area contributed by atoms with E-state index in [1.807, 2.05) is 6.07 Å². The average Bonchev–Trinajstić information content (AvgIpc) is 3.22. The number of hydrogen-bond acceptors (Lipinski definition) is 7. The van der Waals surface area contributed by atoms with E-state index in [0.717, 1.165) is 62.3 Å². The highest BCUT2D eigenvalue weighted by Gasteiger charge is 2.33. The molecular formula is C30H34ClN5O5. The fourth-order valence-electron chi connectivity index (χ4n) is 6.06. The zero-order chi connectivity index (χ0) is 29.4. The average molecular weight is 580 g/mol. The van der Waals surface area contributed by atoms with Crippen molar-refractivity contribution in [3.05, 3.63) is 62.2 Å². The Balaban J connectivity index is 1.62. The van der Waals surface area contributed by atoms with Crippen LogP contribution in [0.25, 0.3) is 6.08 Å². The number of anilines is 3. The van der Waals surface area contributed by atoms with Crippen molar-refractivity contribution in [1.29, 1.82) is 0 Å². The number of aromatic carboxylic acids is 1. The monoisotopic (exact) mass is 579 g/mol. The number of carboxylic acid groups (broad SMARTS) is 1. The summed E-state index contributed by atoms with van der Waals surface area (Å²) in [7, 11) is 0. The number of hydrogen-bond donors (Lipinski definition) is 1. The number of carbonyl (C=O) groups is 2. The van der Waals surface area contributed by atoms with Crippen molar-refractivity contribution in [3.63, 3.8) is 0 Å². The minimum absolute atomic E-state index is 0.0136. The summed E-state index contributed by atoms with van der Waals surface area (Å²) in [6.45, 7) is 7.55. The van der Waals surface area contributed by atoms with Gasteiger partial charge >= 0.3 is 5.97 Å². The summed E-state index contributed by atoms with van der Waals surface area (Å²) in [6, 6.07) is 8.22. The van der Waals surface area contributed by atoms with Gasteiger partial charge in [0.1, 0.15) is 5.69 Å². The quantitative estimate of drug-likeness (QED) is 0.235. The second kappa shape index (κ2) is 11.5. The maximum Gasteiger partial charge on any atom is 0.337 e. The first-order valence-electron chi connectivity index (χ1n) is 14.1. The maximum atomic E-state index is 13.6. The predicted octanol–water partition coefficient (Wildman–Crippen LogP) is 6.51. The van der Waals surface area contributed by atoms with Crippen molar-refractivity contribution >= 4 is 58.0 Å². The minimum Gasteiger partial charge on any atom is -0.478 e. The van der Waals surface area contributed by atoms with Crippen LogP contribution in [0.5, 0.6) is 0 Å². The highest BCUT2D eigenvalue weighted by atomic mass is 35.5. The molecule has 0 bridgehead atoms. The first-order chi connectivity index (χ1) is 19.6. The highest BCUT2D eigenvalue weighted by Crippen LogP contribution is 2.41. The summed E-state index contributed by atoms with van der Waals surface area (Å²) in [5, 5.41) is 27.5. The SMILES string of the molecule is CC1=NN(c2ccc(Cl)c(C(=O)O)c2)C(=O)/C1=C/c1cc([N+](=O)[O-])c(N2CCCC[C@@H]2C)cc1N1CCCC[C@H]1C. The van der Waals surface area contributed by atoms with Crippen molar-refractivity contribution in [2.75, 3.05) is 27.9 Å².